The summed E-state index contributed by atoms with van der Waals surface area (Å²) < 4.78 is 27.5. The van der Waals surface area contributed by atoms with Crippen molar-refractivity contribution in [1.82, 2.24) is 8.96 Å². The molecule has 0 saturated carbocycles. The minimum Gasteiger partial charge on any atom is -0.481 e. The summed E-state index contributed by atoms with van der Waals surface area (Å²) in [6, 6.07) is 7.29. The number of rotatable bonds is 4. The van der Waals surface area contributed by atoms with Crippen molar-refractivity contribution in [3.8, 4) is 0 Å². The number of carbonyl (C=O) groups is 1. The Labute approximate surface area is 160 Å². The fourth-order valence-corrected chi connectivity index (χ4v) is 4.85. The lowest BCUT2D eigenvalue weighted by molar-refractivity contribution is -0.138. The van der Waals surface area contributed by atoms with Gasteiger partial charge in [0.05, 0.1) is 20.9 Å². The summed E-state index contributed by atoms with van der Waals surface area (Å²) in [5.41, 5.74) is 0.864. The van der Waals surface area contributed by atoms with E-state index in [-0.39, 0.29) is 20.6 Å². The number of aromatic nitrogens is 2. The van der Waals surface area contributed by atoms with Gasteiger partial charge in [0.1, 0.15) is 0 Å². The molecule has 9 heteroatoms. The van der Waals surface area contributed by atoms with E-state index >= 15 is 0 Å². The number of nitrogens with zero attached hydrogens (tertiary/aromatic N) is 2. The Kier molecular flexibility index (Phi) is 4.72. The summed E-state index contributed by atoms with van der Waals surface area (Å²) in [7, 11) is -4.06. The first-order valence-electron chi connectivity index (χ1n) is 7.55. The van der Waals surface area contributed by atoms with E-state index in [9.17, 15) is 18.3 Å². The summed E-state index contributed by atoms with van der Waals surface area (Å²) >= 11 is 11.8. The maximum atomic E-state index is 13.2. The Morgan fingerprint density at radius 2 is 1.92 bits per heavy atom. The van der Waals surface area contributed by atoms with Gasteiger partial charge in [0.25, 0.3) is 10.0 Å². The molecule has 26 heavy (non-hydrogen) atoms. The highest BCUT2D eigenvalue weighted by Crippen LogP contribution is 2.34. The summed E-state index contributed by atoms with van der Waals surface area (Å²) in [6.45, 7) is 3.07. The van der Waals surface area contributed by atoms with Crippen LogP contribution in [0.25, 0.3) is 11.0 Å². The molecule has 0 aliphatic carbocycles. The van der Waals surface area contributed by atoms with Gasteiger partial charge in [0.15, 0.2) is 5.65 Å². The Morgan fingerprint density at radius 1 is 1.23 bits per heavy atom. The predicted octanol–water partition coefficient (Wildman–Crippen LogP) is 4.08. The highest BCUT2D eigenvalue weighted by atomic mass is 35.5. The first-order valence-corrected chi connectivity index (χ1v) is 9.75. The fraction of sp³-hybridized carbons (Fsp3) is 0.176. The minimum atomic E-state index is -4.06. The van der Waals surface area contributed by atoms with Gasteiger partial charge in [0.2, 0.25) is 0 Å². The zero-order valence-electron chi connectivity index (χ0n) is 13.8. The first-order chi connectivity index (χ1) is 12.2. The molecule has 0 radical (unpaired) electrons. The van der Waals surface area contributed by atoms with Crippen molar-refractivity contribution in [1.29, 1.82) is 0 Å². The standard InChI is InChI=1S/C17H14Cl2N2O4S/c1-9(17(22)23)15-10(2)21(16-12(15)4-3-7-20-16)26(24,25)11-5-6-13(18)14(19)8-11/h3-9H,1-2H3,(H,22,23). The molecule has 0 saturated heterocycles. The number of hydrogen-bond acceptors (Lipinski definition) is 4. The van der Waals surface area contributed by atoms with E-state index in [1.807, 2.05) is 0 Å². The second-order valence-corrected chi connectivity index (χ2v) is 8.38. The second kappa shape index (κ2) is 6.57. The minimum absolute atomic E-state index is 0.0629. The van der Waals surface area contributed by atoms with Gasteiger partial charge in [-0.15, -0.1) is 0 Å². The smallest absolute Gasteiger partial charge is 0.310 e. The predicted molar refractivity (Wildman–Crippen MR) is 99.6 cm³/mol. The van der Waals surface area contributed by atoms with Gasteiger partial charge < -0.3 is 5.11 Å². The van der Waals surface area contributed by atoms with Crippen LogP contribution in [-0.2, 0) is 14.8 Å². The van der Waals surface area contributed by atoms with Gasteiger partial charge in [-0.3, -0.25) is 4.79 Å². The van der Waals surface area contributed by atoms with Crippen molar-refractivity contribution in [2.24, 2.45) is 0 Å². The number of carboxylic acids is 1. The lowest BCUT2D eigenvalue weighted by Crippen LogP contribution is -2.16. The molecule has 2 aromatic heterocycles. The molecule has 0 aliphatic rings. The number of aliphatic carboxylic acids is 1. The Hall–Kier alpha value is -2.09. The summed E-state index contributed by atoms with van der Waals surface area (Å²) in [4.78, 5) is 15.6. The number of pyridine rings is 1. The summed E-state index contributed by atoms with van der Waals surface area (Å²) in [6.07, 6.45) is 1.46. The lowest BCUT2D eigenvalue weighted by Gasteiger charge is -2.11. The normalized spacial score (nSPS) is 13.1. The molecule has 3 rings (SSSR count). The third-order valence-corrected chi connectivity index (χ3v) is 6.71. The van der Waals surface area contributed by atoms with Crippen molar-refractivity contribution >= 4 is 50.2 Å². The van der Waals surface area contributed by atoms with Crippen molar-refractivity contribution in [2.45, 2.75) is 24.7 Å². The molecule has 1 atom stereocenters. The third kappa shape index (κ3) is 2.86. The number of fused-ring (bicyclic) bond motifs is 1. The molecule has 0 spiro atoms. The summed E-state index contributed by atoms with van der Waals surface area (Å²) in [5, 5.41) is 10.2. The zero-order valence-corrected chi connectivity index (χ0v) is 16.1. The molecular weight excluding hydrogens is 399 g/mol. The maximum absolute atomic E-state index is 13.2. The zero-order chi connectivity index (χ0) is 19.2. The lowest BCUT2D eigenvalue weighted by atomic mass is 9.99. The van der Waals surface area contributed by atoms with Crippen molar-refractivity contribution < 1.29 is 18.3 Å². The van der Waals surface area contributed by atoms with E-state index in [0.717, 1.165) is 3.97 Å². The van der Waals surface area contributed by atoms with Crippen LogP contribution in [0.1, 0.15) is 24.1 Å². The van der Waals surface area contributed by atoms with Crippen LogP contribution in [0.5, 0.6) is 0 Å². The molecule has 3 aromatic rings. The quantitative estimate of drug-likeness (QED) is 0.696. The molecule has 0 fully saturated rings. The van der Waals surface area contributed by atoms with Crippen LogP contribution >= 0.6 is 23.2 Å². The van der Waals surface area contributed by atoms with E-state index < -0.39 is 21.9 Å². The molecule has 1 unspecified atom stereocenters. The van der Waals surface area contributed by atoms with Crippen LogP contribution in [0.15, 0.2) is 41.4 Å². The Morgan fingerprint density at radius 3 is 2.54 bits per heavy atom. The fourth-order valence-electron chi connectivity index (χ4n) is 2.94. The largest absolute Gasteiger partial charge is 0.481 e. The number of benzene rings is 1. The maximum Gasteiger partial charge on any atom is 0.310 e. The molecule has 1 aromatic carbocycles. The average molecular weight is 413 g/mol. The number of carboxylic acid groups (broad SMARTS) is 1. The van der Waals surface area contributed by atoms with Crippen LogP contribution in [0.2, 0.25) is 10.0 Å². The van der Waals surface area contributed by atoms with Crippen molar-refractivity contribution in [2.75, 3.05) is 0 Å². The number of halogens is 2. The van der Waals surface area contributed by atoms with E-state index in [1.165, 1.54) is 31.3 Å². The first kappa shape index (κ1) is 18.7. The average Bonchev–Trinajstić information content (AvgIpc) is 2.88. The van der Waals surface area contributed by atoms with Gasteiger partial charge in [-0.1, -0.05) is 23.2 Å². The van der Waals surface area contributed by atoms with E-state index in [2.05, 4.69) is 4.98 Å². The molecule has 136 valence electrons. The van der Waals surface area contributed by atoms with Gasteiger partial charge in [-0.2, -0.15) is 0 Å². The second-order valence-electron chi connectivity index (χ2n) is 5.78. The molecule has 1 N–H and O–H groups in total. The van der Waals surface area contributed by atoms with Crippen LogP contribution in [0.4, 0.5) is 0 Å². The van der Waals surface area contributed by atoms with E-state index in [1.54, 1.807) is 19.1 Å². The Balaban J connectivity index is 2.36. The third-order valence-electron chi connectivity index (χ3n) is 4.20. The van der Waals surface area contributed by atoms with Crippen LogP contribution in [0.3, 0.4) is 0 Å². The van der Waals surface area contributed by atoms with Gasteiger partial charge in [-0.05, 0) is 49.7 Å². The molecule has 2 heterocycles. The Bertz CT molecular complexity index is 1140. The monoisotopic (exact) mass is 412 g/mol. The van der Waals surface area contributed by atoms with Gasteiger partial charge in [0, 0.05) is 17.3 Å². The van der Waals surface area contributed by atoms with Crippen molar-refractivity contribution in [3.63, 3.8) is 0 Å². The van der Waals surface area contributed by atoms with E-state index in [4.69, 9.17) is 23.2 Å². The van der Waals surface area contributed by atoms with Gasteiger partial charge >= 0.3 is 5.97 Å². The molecule has 0 amide bonds. The van der Waals surface area contributed by atoms with E-state index in [0.29, 0.717) is 16.6 Å². The van der Waals surface area contributed by atoms with Crippen molar-refractivity contribution in [3.05, 3.63) is 57.8 Å². The number of hydrogen-bond donors (Lipinski definition) is 1. The molecule has 0 aliphatic heterocycles. The molecule has 6 nitrogen and oxygen atoms in total. The summed E-state index contributed by atoms with van der Waals surface area (Å²) in [5.74, 6) is -1.95. The van der Waals surface area contributed by atoms with Crippen LogP contribution in [0, 0.1) is 6.92 Å². The SMILES string of the molecule is Cc1c(C(C)C(=O)O)c2cccnc2n1S(=O)(=O)c1ccc(Cl)c(Cl)c1. The van der Waals surface area contributed by atoms with Crippen LogP contribution < -0.4 is 0 Å². The van der Waals surface area contributed by atoms with Crippen LogP contribution in [-0.4, -0.2) is 28.5 Å². The molecule has 0 bridgehead atoms. The van der Waals surface area contributed by atoms with Gasteiger partial charge in [-0.25, -0.2) is 17.4 Å². The molecular formula is C17H14Cl2N2O4S. The highest BCUT2D eigenvalue weighted by molar-refractivity contribution is 7.90. The topological polar surface area (TPSA) is 89.3 Å². The highest BCUT2D eigenvalue weighted by Gasteiger charge is 2.30.